The van der Waals surface area contributed by atoms with Crippen LogP contribution in [0.2, 0.25) is 0 Å². The van der Waals surface area contributed by atoms with Gasteiger partial charge in [-0.1, -0.05) is 17.8 Å². The van der Waals surface area contributed by atoms with E-state index in [0.717, 1.165) is 32.0 Å². The number of nitrogens with zero attached hydrogens (tertiary/aromatic N) is 4. The standard InChI is InChI=1S/C15H14N4O2S2/c1-21-8-19-10-6-9(14-18-12(20)7-22-14)2-3-11(10)23-15-13(19)16-4-5-17-15/h2-6,12,20H,7-8H2,1H3. The Morgan fingerprint density at radius 3 is 3.00 bits per heavy atom. The van der Waals surface area contributed by atoms with Crippen molar-refractivity contribution in [3.05, 3.63) is 36.2 Å². The normalized spacial score (nSPS) is 19.3. The number of thioether (sulfide) groups is 1. The van der Waals surface area contributed by atoms with Crippen LogP contribution in [-0.4, -0.2) is 45.9 Å². The zero-order valence-corrected chi connectivity index (χ0v) is 14.0. The van der Waals surface area contributed by atoms with Gasteiger partial charge >= 0.3 is 0 Å². The molecule has 1 aromatic carbocycles. The van der Waals surface area contributed by atoms with Gasteiger partial charge in [-0.15, -0.1) is 11.8 Å². The largest absolute Gasteiger partial charge is 0.371 e. The van der Waals surface area contributed by atoms with Crippen molar-refractivity contribution in [1.82, 2.24) is 9.97 Å². The Morgan fingerprint density at radius 2 is 2.22 bits per heavy atom. The lowest BCUT2D eigenvalue weighted by Crippen LogP contribution is -2.24. The van der Waals surface area contributed by atoms with Crippen LogP contribution < -0.4 is 4.90 Å². The molecular formula is C15H14N4O2S2. The zero-order valence-electron chi connectivity index (χ0n) is 12.3. The summed E-state index contributed by atoms with van der Waals surface area (Å²) in [6.45, 7) is 0.394. The maximum absolute atomic E-state index is 9.60. The van der Waals surface area contributed by atoms with Gasteiger partial charge < -0.3 is 9.84 Å². The SMILES string of the molecule is COCN1c2cc(C3=NC(O)CS3)ccc2Sc2nccnc21. The van der Waals surface area contributed by atoms with Gasteiger partial charge in [-0.2, -0.15) is 0 Å². The van der Waals surface area contributed by atoms with E-state index in [-0.39, 0.29) is 0 Å². The van der Waals surface area contributed by atoms with Crippen molar-refractivity contribution in [2.75, 3.05) is 24.5 Å². The number of fused-ring (bicyclic) bond motifs is 2. The third-order valence-electron chi connectivity index (χ3n) is 3.50. The second-order valence-electron chi connectivity index (χ2n) is 5.04. The van der Waals surface area contributed by atoms with Crippen LogP contribution in [0, 0.1) is 0 Å². The Labute approximate surface area is 142 Å². The minimum absolute atomic E-state index is 0.394. The molecule has 1 N–H and O–H groups in total. The number of hydrogen-bond acceptors (Lipinski definition) is 8. The summed E-state index contributed by atoms with van der Waals surface area (Å²) in [7, 11) is 1.66. The summed E-state index contributed by atoms with van der Waals surface area (Å²) in [6.07, 6.45) is 2.77. The van der Waals surface area contributed by atoms with Crippen LogP contribution in [0.3, 0.4) is 0 Å². The van der Waals surface area contributed by atoms with Crippen molar-refractivity contribution < 1.29 is 9.84 Å². The lowest BCUT2D eigenvalue weighted by Gasteiger charge is -2.30. The Bertz CT molecular complexity index is 784. The van der Waals surface area contributed by atoms with Gasteiger partial charge in [-0.3, -0.25) is 4.90 Å². The number of ether oxygens (including phenoxy) is 1. The zero-order chi connectivity index (χ0) is 15.8. The molecular weight excluding hydrogens is 332 g/mol. The van der Waals surface area contributed by atoms with Gasteiger partial charge in [0.05, 0.1) is 5.69 Å². The number of aromatic nitrogens is 2. The van der Waals surface area contributed by atoms with Crippen LogP contribution in [-0.2, 0) is 4.74 Å². The second kappa shape index (κ2) is 6.12. The van der Waals surface area contributed by atoms with Gasteiger partial charge in [0.25, 0.3) is 0 Å². The van der Waals surface area contributed by atoms with Crippen LogP contribution in [0.4, 0.5) is 11.5 Å². The quantitative estimate of drug-likeness (QED) is 0.915. The van der Waals surface area contributed by atoms with Crippen molar-refractivity contribution in [3.63, 3.8) is 0 Å². The molecule has 0 amide bonds. The summed E-state index contributed by atoms with van der Waals surface area (Å²) in [5, 5.41) is 11.3. The molecule has 2 aromatic rings. The van der Waals surface area contributed by atoms with Crippen molar-refractivity contribution in [3.8, 4) is 0 Å². The van der Waals surface area contributed by atoms with E-state index >= 15 is 0 Å². The van der Waals surface area contributed by atoms with E-state index in [0.29, 0.717) is 12.5 Å². The van der Waals surface area contributed by atoms with Gasteiger partial charge in [-0.25, -0.2) is 15.0 Å². The number of aliphatic imine (C=N–C) groups is 1. The Morgan fingerprint density at radius 1 is 1.35 bits per heavy atom. The molecule has 1 atom stereocenters. The lowest BCUT2D eigenvalue weighted by molar-refractivity contribution is 0.204. The fourth-order valence-corrected chi connectivity index (χ4v) is 4.38. The Balaban J connectivity index is 1.78. The molecule has 23 heavy (non-hydrogen) atoms. The van der Waals surface area contributed by atoms with E-state index in [4.69, 9.17) is 4.74 Å². The number of benzene rings is 1. The summed E-state index contributed by atoms with van der Waals surface area (Å²) in [4.78, 5) is 16.2. The Hall–Kier alpha value is -1.61. The predicted molar refractivity (Wildman–Crippen MR) is 91.6 cm³/mol. The second-order valence-corrected chi connectivity index (χ2v) is 7.08. The van der Waals surface area contributed by atoms with Gasteiger partial charge in [0, 0.05) is 35.7 Å². The van der Waals surface area contributed by atoms with E-state index in [1.54, 1.807) is 43.0 Å². The third-order valence-corrected chi connectivity index (χ3v) is 5.62. The summed E-state index contributed by atoms with van der Waals surface area (Å²) >= 11 is 3.17. The number of hydrogen-bond donors (Lipinski definition) is 1. The summed E-state index contributed by atoms with van der Waals surface area (Å²) in [5.74, 6) is 1.40. The number of aliphatic hydroxyl groups excluding tert-OH is 1. The topological polar surface area (TPSA) is 70.8 Å². The van der Waals surface area contributed by atoms with Gasteiger partial charge in [0.1, 0.15) is 16.8 Å². The van der Waals surface area contributed by atoms with E-state index in [2.05, 4.69) is 27.1 Å². The minimum Gasteiger partial charge on any atom is -0.371 e. The predicted octanol–water partition coefficient (Wildman–Crippen LogP) is 2.50. The van der Waals surface area contributed by atoms with Crippen LogP contribution in [0.15, 0.2) is 45.5 Å². The van der Waals surface area contributed by atoms with Crippen LogP contribution in [0.25, 0.3) is 0 Å². The monoisotopic (exact) mass is 346 g/mol. The first-order valence-electron chi connectivity index (χ1n) is 7.04. The number of anilines is 2. The molecule has 0 radical (unpaired) electrons. The van der Waals surface area contributed by atoms with Crippen molar-refractivity contribution in [1.29, 1.82) is 0 Å². The van der Waals surface area contributed by atoms with Gasteiger partial charge in [-0.05, 0) is 12.1 Å². The molecule has 3 heterocycles. The number of aliphatic hydroxyl groups is 1. The fourth-order valence-electron chi connectivity index (χ4n) is 2.52. The molecule has 4 rings (SSSR count). The molecule has 0 saturated carbocycles. The smallest absolute Gasteiger partial charge is 0.168 e. The van der Waals surface area contributed by atoms with Crippen molar-refractivity contribution >= 4 is 40.1 Å². The van der Waals surface area contributed by atoms with E-state index < -0.39 is 6.23 Å². The van der Waals surface area contributed by atoms with E-state index in [1.807, 2.05) is 11.0 Å². The minimum atomic E-state index is -0.609. The fraction of sp³-hybridized carbons (Fsp3) is 0.267. The molecule has 2 aliphatic rings. The number of rotatable bonds is 3. The summed E-state index contributed by atoms with van der Waals surface area (Å²) < 4.78 is 5.35. The average molecular weight is 346 g/mol. The lowest BCUT2D eigenvalue weighted by atomic mass is 10.2. The molecule has 1 unspecified atom stereocenters. The summed E-state index contributed by atoms with van der Waals surface area (Å²) in [5.41, 5.74) is 2.02. The molecule has 0 bridgehead atoms. The van der Waals surface area contributed by atoms with Crippen LogP contribution >= 0.6 is 23.5 Å². The highest BCUT2D eigenvalue weighted by Crippen LogP contribution is 2.46. The first-order valence-corrected chi connectivity index (χ1v) is 8.85. The van der Waals surface area contributed by atoms with E-state index in [1.165, 1.54) is 0 Å². The number of methoxy groups -OCH3 is 1. The van der Waals surface area contributed by atoms with Crippen molar-refractivity contribution in [2.45, 2.75) is 16.1 Å². The van der Waals surface area contributed by atoms with E-state index in [9.17, 15) is 5.11 Å². The molecule has 0 spiro atoms. The first-order chi connectivity index (χ1) is 11.3. The molecule has 1 aromatic heterocycles. The maximum atomic E-state index is 9.60. The molecule has 0 fully saturated rings. The Kier molecular flexibility index (Phi) is 3.98. The highest BCUT2D eigenvalue weighted by atomic mass is 32.2. The third kappa shape index (κ3) is 2.72. The summed E-state index contributed by atoms with van der Waals surface area (Å²) in [6, 6.07) is 6.16. The molecule has 0 saturated heterocycles. The molecule has 0 aliphatic carbocycles. The highest BCUT2D eigenvalue weighted by Gasteiger charge is 2.27. The molecule has 6 nitrogen and oxygen atoms in total. The van der Waals surface area contributed by atoms with Crippen LogP contribution in [0.5, 0.6) is 0 Å². The maximum Gasteiger partial charge on any atom is 0.168 e. The average Bonchev–Trinajstić information content (AvgIpc) is 3.01. The first kappa shape index (κ1) is 14.9. The molecule has 2 aliphatic heterocycles. The van der Waals surface area contributed by atoms with Crippen molar-refractivity contribution in [2.24, 2.45) is 4.99 Å². The molecule has 8 heteroatoms. The van der Waals surface area contributed by atoms with Gasteiger partial charge in [0.2, 0.25) is 0 Å². The highest BCUT2D eigenvalue weighted by molar-refractivity contribution is 8.14. The van der Waals surface area contributed by atoms with Gasteiger partial charge in [0.15, 0.2) is 12.0 Å². The van der Waals surface area contributed by atoms with Crippen LogP contribution in [0.1, 0.15) is 5.56 Å². The molecule has 118 valence electrons.